The Bertz CT molecular complexity index is 1440. The van der Waals surface area contributed by atoms with Gasteiger partial charge in [-0.25, -0.2) is 9.18 Å². The highest BCUT2D eigenvalue weighted by Gasteiger charge is 2.40. The zero-order valence-corrected chi connectivity index (χ0v) is 20.0. The van der Waals surface area contributed by atoms with E-state index < -0.39 is 82.7 Å². The van der Waals surface area contributed by atoms with Crippen LogP contribution in [0.2, 0.25) is 0 Å². The number of hydrogen-bond acceptors (Lipinski definition) is 4. The molecular weight excluding hydrogens is 523 g/mol. The third-order valence-electron chi connectivity index (χ3n) is 5.02. The minimum absolute atomic E-state index is 0.137. The average molecular weight is 548 g/mol. The van der Waals surface area contributed by atoms with Gasteiger partial charge in [-0.1, -0.05) is 0 Å². The minimum atomic E-state index is -5.42. The van der Waals surface area contributed by atoms with Crippen LogP contribution in [0, 0.1) is 5.82 Å². The smallest absolute Gasteiger partial charge is 0.435 e. The summed E-state index contributed by atoms with van der Waals surface area (Å²) in [5.41, 5.74) is -7.18. The summed E-state index contributed by atoms with van der Waals surface area (Å²) in [4.78, 5) is 25.8. The van der Waals surface area contributed by atoms with Crippen molar-refractivity contribution in [2.24, 2.45) is 0 Å². The number of anilines is 1. The molecule has 204 valence electrons. The lowest BCUT2D eigenvalue weighted by atomic mass is 9.91. The number of hydrogen-bond donors (Lipinski definition) is 0. The van der Waals surface area contributed by atoms with Gasteiger partial charge in [-0.15, -0.1) is 0 Å². The SMILES string of the molecule is [2H]C([2H])([2H])N(C(=O)Cc1c(-c2cnn(C(=O)OC(C)(C)C)c2)cc(C(F)(F)F)cc1C(F)(F)F)c1ccc(F)cc1. The van der Waals surface area contributed by atoms with Gasteiger partial charge in [-0.05, 0) is 68.3 Å². The predicted molar refractivity (Wildman–Crippen MR) is 123 cm³/mol. The predicted octanol–water partition coefficient (Wildman–Crippen LogP) is 6.72. The summed E-state index contributed by atoms with van der Waals surface area (Å²) in [5.74, 6) is -2.25. The number of nitrogens with zero attached hydrogens (tertiary/aromatic N) is 3. The van der Waals surface area contributed by atoms with Crippen LogP contribution in [0.15, 0.2) is 48.8 Å². The van der Waals surface area contributed by atoms with Crippen LogP contribution < -0.4 is 4.90 Å². The van der Waals surface area contributed by atoms with Gasteiger partial charge in [0.05, 0.1) is 23.7 Å². The van der Waals surface area contributed by atoms with E-state index in [9.17, 15) is 40.3 Å². The van der Waals surface area contributed by atoms with Crippen LogP contribution in [0.3, 0.4) is 0 Å². The molecule has 1 amide bonds. The van der Waals surface area contributed by atoms with E-state index in [0.29, 0.717) is 10.7 Å². The Morgan fingerprint density at radius 3 is 2.18 bits per heavy atom. The van der Waals surface area contributed by atoms with Crippen LogP contribution >= 0.6 is 0 Å². The summed E-state index contributed by atoms with van der Waals surface area (Å²) in [6.45, 7) is 1.28. The third kappa shape index (κ3) is 6.69. The molecule has 0 saturated heterocycles. The van der Waals surface area contributed by atoms with Gasteiger partial charge in [-0.3, -0.25) is 4.79 Å². The van der Waals surface area contributed by atoms with Crippen LogP contribution in [0.25, 0.3) is 11.1 Å². The first-order valence-electron chi connectivity index (χ1n) is 12.3. The van der Waals surface area contributed by atoms with Gasteiger partial charge in [0.1, 0.15) is 11.4 Å². The number of benzene rings is 2. The van der Waals surface area contributed by atoms with E-state index in [4.69, 9.17) is 8.85 Å². The number of aromatic nitrogens is 2. The monoisotopic (exact) mass is 548 g/mol. The molecule has 0 unspecified atom stereocenters. The van der Waals surface area contributed by atoms with Gasteiger partial charge >= 0.3 is 18.4 Å². The highest BCUT2D eigenvalue weighted by molar-refractivity contribution is 5.95. The maximum atomic E-state index is 14.1. The van der Waals surface area contributed by atoms with E-state index in [1.54, 1.807) is 0 Å². The average Bonchev–Trinajstić information content (AvgIpc) is 3.27. The Balaban J connectivity index is 2.24. The van der Waals surface area contributed by atoms with Crippen LogP contribution in [0.5, 0.6) is 0 Å². The lowest BCUT2D eigenvalue weighted by Crippen LogP contribution is -2.29. The van der Waals surface area contributed by atoms with Crippen molar-refractivity contribution < 1.29 is 49.2 Å². The van der Waals surface area contributed by atoms with E-state index in [1.165, 1.54) is 20.8 Å². The number of carbonyl (C=O) groups excluding carboxylic acids is 2. The number of carbonyl (C=O) groups is 2. The molecular formula is C25H22F7N3O3. The van der Waals surface area contributed by atoms with Gasteiger partial charge in [-0.2, -0.15) is 36.1 Å². The summed E-state index contributed by atoms with van der Waals surface area (Å²) in [6, 6.07) is 3.59. The second kappa shape index (κ2) is 10.1. The molecule has 3 rings (SSSR count). The minimum Gasteiger partial charge on any atom is -0.442 e. The number of rotatable bonds is 4. The second-order valence-corrected chi connectivity index (χ2v) is 9.08. The largest absolute Gasteiger partial charge is 0.442 e. The first-order valence-corrected chi connectivity index (χ1v) is 10.8. The molecule has 0 radical (unpaired) electrons. The van der Waals surface area contributed by atoms with Crippen molar-refractivity contribution in [3.05, 3.63) is 71.3 Å². The molecule has 1 aromatic heterocycles. The fourth-order valence-corrected chi connectivity index (χ4v) is 3.37. The Labute approximate surface area is 216 Å². The van der Waals surface area contributed by atoms with Crippen LogP contribution in [0.4, 0.5) is 41.2 Å². The molecule has 3 aromatic rings. The van der Waals surface area contributed by atoms with Gasteiger partial charge in [0, 0.05) is 28.5 Å². The zero-order chi connectivity index (χ0) is 31.1. The number of ether oxygens (including phenoxy) is 1. The van der Waals surface area contributed by atoms with Gasteiger partial charge in [0.15, 0.2) is 0 Å². The molecule has 0 spiro atoms. The number of alkyl halides is 6. The lowest BCUT2D eigenvalue weighted by molar-refractivity contribution is -0.143. The Morgan fingerprint density at radius 1 is 1.03 bits per heavy atom. The standard InChI is InChI=1S/C25H22F7N3O3/c1-23(2,3)38-22(37)35-13-14(12-33-35)18-9-15(24(27,28)29)10-20(25(30,31)32)19(18)11-21(36)34(4)17-7-5-16(26)6-8-17/h5-10,12-13H,11H2,1-4H3/i4D3. The molecule has 0 aliphatic heterocycles. The Kier molecular flexibility index (Phi) is 6.50. The first kappa shape index (κ1) is 24.4. The first-order chi connectivity index (χ1) is 18.6. The Morgan fingerprint density at radius 2 is 1.66 bits per heavy atom. The molecule has 0 atom stereocenters. The van der Waals surface area contributed by atoms with E-state index in [-0.39, 0.29) is 11.0 Å². The molecule has 0 bridgehead atoms. The summed E-state index contributed by atoms with van der Waals surface area (Å²) >= 11 is 0. The molecule has 0 saturated carbocycles. The fourth-order valence-electron chi connectivity index (χ4n) is 3.37. The van der Waals surface area contributed by atoms with E-state index in [2.05, 4.69) is 5.10 Å². The molecule has 0 fully saturated rings. The molecule has 0 N–H and O–H groups in total. The lowest BCUT2D eigenvalue weighted by Gasteiger charge is -2.22. The second-order valence-electron chi connectivity index (χ2n) is 9.08. The number of amides is 1. The molecule has 6 nitrogen and oxygen atoms in total. The maximum absolute atomic E-state index is 14.1. The zero-order valence-electron chi connectivity index (χ0n) is 23.0. The van der Waals surface area contributed by atoms with Crippen LogP contribution in [0.1, 0.15) is 41.6 Å². The Hall–Kier alpha value is -3.90. The summed E-state index contributed by atoms with van der Waals surface area (Å²) in [6.07, 6.45) is -11.5. The van der Waals surface area contributed by atoms with Crippen molar-refractivity contribution in [1.82, 2.24) is 9.78 Å². The van der Waals surface area contributed by atoms with Crippen LogP contribution in [-0.4, -0.2) is 34.4 Å². The highest BCUT2D eigenvalue weighted by Crippen LogP contribution is 2.42. The summed E-state index contributed by atoms with van der Waals surface area (Å²) < 4.78 is 126. The van der Waals surface area contributed by atoms with Crippen molar-refractivity contribution in [2.75, 3.05) is 11.9 Å². The number of likely N-dealkylation sites (N-methyl/N-ethyl adjacent to an activating group) is 1. The fraction of sp³-hybridized carbons (Fsp3) is 0.320. The molecule has 0 aliphatic rings. The summed E-state index contributed by atoms with van der Waals surface area (Å²) in [5, 5.41) is 3.67. The molecule has 2 aromatic carbocycles. The van der Waals surface area contributed by atoms with Crippen LogP contribution in [-0.2, 0) is 28.3 Å². The van der Waals surface area contributed by atoms with Crippen molar-refractivity contribution >= 4 is 17.7 Å². The van der Waals surface area contributed by atoms with Crippen molar-refractivity contribution in [2.45, 2.75) is 45.1 Å². The van der Waals surface area contributed by atoms with Gasteiger partial charge in [0.2, 0.25) is 5.91 Å². The van der Waals surface area contributed by atoms with E-state index >= 15 is 0 Å². The van der Waals surface area contributed by atoms with Gasteiger partial charge < -0.3 is 9.64 Å². The van der Waals surface area contributed by atoms with Crippen molar-refractivity contribution in [1.29, 1.82) is 0 Å². The summed E-state index contributed by atoms with van der Waals surface area (Å²) in [7, 11) is 0. The normalized spacial score (nSPS) is 13.9. The quantitative estimate of drug-likeness (QED) is 0.340. The molecule has 1 heterocycles. The third-order valence-corrected chi connectivity index (χ3v) is 5.02. The van der Waals surface area contributed by atoms with Gasteiger partial charge in [0.25, 0.3) is 0 Å². The maximum Gasteiger partial charge on any atom is 0.435 e. The highest BCUT2D eigenvalue weighted by atomic mass is 19.4. The molecule has 13 heteroatoms. The van der Waals surface area contributed by atoms with E-state index in [0.717, 1.165) is 36.7 Å². The molecule has 38 heavy (non-hydrogen) atoms. The topological polar surface area (TPSA) is 64.4 Å². The van der Waals surface area contributed by atoms with Crippen molar-refractivity contribution in [3.63, 3.8) is 0 Å². The van der Waals surface area contributed by atoms with Crippen molar-refractivity contribution in [3.8, 4) is 11.1 Å². The molecule has 0 aliphatic carbocycles. The van der Waals surface area contributed by atoms with E-state index in [1.807, 2.05) is 0 Å². The number of halogens is 7.